The summed E-state index contributed by atoms with van der Waals surface area (Å²) < 4.78 is 2.99. The molecule has 0 saturated carbocycles. The molecule has 3 aromatic rings. The smallest absolute Gasteiger partial charge is 0.0794 e. The highest BCUT2D eigenvalue weighted by atomic mass is 79.9. The Balaban J connectivity index is 2.17. The molecule has 0 amide bonds. The summed E-state index contributed by atoms with van der Waals surface area (Å²) >= 11 is 5.25. The Morgan fingerprint density at radius 2 is 2.00 bits per heavy atom. The van der Waals surface area contributed by atoms with Crippen LogP contribution in [0, 0.1) is 0 Å². The van der Waals surface area contributed by atoms with Crippen LogP contribution in [0.15, 0.2) is 57.8 Å². The van der Waals surface area contributed by atoms with Gasteiger partial charge in [-0.15, -0.1) is 0 Å². The molecule has 0 aliphatic heterocycles. The second-order valence-corrected chi connectivity index (χ2v) is 5.23. The van der Waals surface area contributed by atoms with Gasteiger partial charge in [-0.25, -0.2) is 4.68 Å². The van der Waals surface area contributed by atoms with Crippen molar-refractivity contribution in [3.05, 3.63) is 57.8 Å². The first-order chi connectivity index (χ1) is 8.36. The summed E-state index contributed by atoms with van der Waals surface area (Å²) in [4.78, 5) is 0. The Kier molecular flexibility index (Phi) is 2.82. The van der Waals surface area contributed by atoms with Crippen molar-refractivity contribution in [3.63, 3.8) is 0 Å². The van der Waals surface area contributed by atoms with Gasteiger partial charge in [-0.1, -0.05) is 12.1 Å². The van der Waals surface area contributed by atoms with E-state index in [2.05, 4.69) is 37.9 Å². The third kappa shape index (κ3) is 1.94. The van der Waals surface area contributed by atoms with Crippen molar-refractivity contribution in [2.24, 2.45) is 0 Å². The molecule has 0 aliphatic rings. The fraction of sp³-hybridized carbons (Fsp3) is 0. The molecule has 0 aliphatic carbocycles. The zero-order valence-corrected chi connectivity index (χ0v) is 11.3. The van der Waals surface area contributed by atoms with E-state index >= 15 is 0 Å². The lowest BCUT2D eigenvalue weighted by Crippen LogP contribution is -1.98. The van der Waals surface area contributed by atoms with Gasteiger partial charge >= 0.3 is 0 Å². The molecular weight excluding hydrogens is 296 g/mol. The van der Waals surface area contributed by atoms with Gasteiger partial charge in [0.1, 0.15) is 0 Å². The molecule has 0 bridgehead atoms. The number of halogens is 1. The number of hydrogen-bond acceptors (Lipinski definition) is 2. The van der Waals surface area contributed by atoms with Gasteiger partial charge < -0.3 is 0 Å². The molecule has 0 saturated heterocycles. The van der Waals surface area contributed by atoms with E-state index in [-0.39, 0.29) is 0 Å². The molecule has 1 aromatic carbocycles. The maximum atomic E-state index is 4.39. The Morgan fingerprint density at radius 3 is 2.76 bits per heavy atom. The van der Waals surface area contributed by atoms with E-state index < -0.39 is 0 Å². The normalized spacial score (nSPS) is 10.6. The van der Waals surface area contributed by atoms with Gasteiger partial charge in [-0.05, 0) is 45.6 Å². The van der Waals surface area contributed by atoms with Crippen LogP contribution in [0.2, 0.25) is 0 Å². The van der Waals surface area contributed by atoms with Crippen LogP contribution in [0.5, 0.6) is 0 Å². The topological polar surface area (TPSA) is 17.8 Å². The summed E-state index contributed by atoms with van der Waals surface area (Å²) in [6, 6.07) is 12.2. The van der Waals surface area contributed by atoms with Crippen molar-refractivity contribution in [3.8, 4) is 16.9 Å². The lowest BCUT2D eigenvalue weighted by Gasteiger charge is -2.08. The van der Waals surface area contributed by atoms with E-state index in [1.165, 1.54) is 5.56 Å². The summed E-state index contributed by atoms with van der Waals surface area (Å²) in [5.74, 6) is 0. The zero-order chi connectivity index (χ0) is 11.7. The first kappa shape index (κ1) is 10.7. The summed E-state index contributed by atoms with van der Waals surface area (Å²) in [5, 5.41) is 8.60. The second-order valence-electron chi connectivity index (χ2n) is 3.59. The van der Waals surface area contributed by atoms with E-state index in [0.717, 1.165) is 15.9 Å². The Labute approximate surface area is 112 Å². The lowest BCUT2D eigenvalue weighted by molar-refractivity contribution is 0.884. The highest BCUT2D eigenvalue weighted by molar-refractivity contribution is 9.10. The van der Waals surface area contributed by atoms with Crippen LogP contribution in [-0.2, 0) is 0 Å². The lowest BCUT2D eigenvalue weighted by atomic mass is 10.2. The molecule has 0 radical (unpaired) electrons. The quantitative estimate of drug-likeness (QED) is 0.687. The van der Waals surface area contributed by atoms with Crippen molar-refractivity contribution in [1.29, 1.82) is 0 Å². The van der Waals surface area contributed by atoms with Crippen molar-refractivity contribution >= 4 is 27.3 Å². The van der Waals surface area contributed by atoms with E-state index in [0.29, 0.717) is 0 Å². The average molecular weight is 305 g/mol. The van der Waals surface area contributed by atoms with Crippen molar-refractivity contribution in [2.75, 3.05) is 0 Å². The van der Waals surface area contributed by atoms with Gasteiger partial charge in [-0.2, -0.15) is 16.4 Å². The fourth-order valence-corrected chi connectivity index (χ4v) is 2.85. The van der Waals surface area contributed by atoms with Gasteiger partial charge in [0.2, 0.25) is 0 Å². The van der Waals surface area contributed by atoms with Gasteiger partial charge in [-0.3, -0.25) is 0 Å². The van der Waals surface area contributed by atoms with Crippen molar-refractivity contribution in [1.82, 2.24) is 9.78 Å². The van der Waals surface area contributed by atoms with E-state index in [1.54, 1.807) is 11.3 Å². The van der Waals surface area contributed by atoms with Crippen LogP contribution in [0.4, 0.5) is 0 Å². The van der Waals surface area contributed by atoms with Crippen molar-refractivity contribution in [2.45, 2.75) is 0 Å². The van der Waals surface area contributed by atoms with Crippen LogP contribution >= 0.6 is 27.3 Å². The molecular formula is C13H9BrN2S. The summed E-state index contributed by atoms with van der Waals surface area (Å²) in [6.45, 7) is 0. The minimum absolute atomic E-state index is 1.04. The molecule has 2 heterocycles. The summed E-state index contributed by atoms with van der Waals surface area (Å²) in [6.07, 6.45) is 1.83. The molecule has 0 fully saturated rings. The monoisotopic (exact) mass is 304 g/mol. The van der Waals surface area contributed by atoms with Gasteiger partial charge in [0, 0.05) is 15.4 Å². The van der Waals surface area contributed by atoms with Crippen LogP contribution < -0.4 is 0 Å². The Morgan fingerprint density at radius 1 is 1.12 bits per heavy atom. The van der Waals surface area contributed by atoms with Crippen LogP contribution in [-0.4, -0.2) is 9.78 Å². The zero-order valence-electron chi connectivity index (χ0n) is 8.88. The van der Waals surface area contributed by atoms with E-state index in [4.69, 9.17) is 0 Å². The van der Waals surface area contributed by atoms with Gasteiger partial charge in [0.05, 0.1) is 17.6 Å². The predicted molar refractivity (Wildman–Crippen MR) is 74.6 cm³/mol. The van der Waals surface area contributed by atoms with Crippen LogP contribution in [0.3, 0.4) is 0 Å². The highest BCUT2D eigenvalue weighted by Crippen LogP contribution is 2.27. The van der Waals surface area contributed by atoms with Gasteiger partial charge in [0.15, 0.2) is 0 Å². The second kappa shape index (κ2) is 4.47. The SMILES string of the molecule is Brc1ccccc1-n1nccc1-c1ccsc1. The molecule has 17 heavy (non-hydrogen) atoms. The standard InChI is InChI=1S/C13H9BrN2S/c14-11-3-1-2-4-13(11)16-12(5-7-15-16)10-6-8-17-9-10/h1-9H. The predicted octanol–water partition coefficient (Wildman–Crippen LogP) is 4.36. The first-order valence-electron chi connectivity index (χ1n) is 5.18. The summed E-state index contributed by atoms with van der Waals surface area (Å²) in [5.41, 5.74) is 3.36. The molecule has 84 valence electrons. The number of para-hydroxylation sites is 1. The largest absolute Gasteiger partial charge is 0.232 e. The fourth-order valence-electron chi connectivity index (χ4n) is 1.75. The average Bonchev–Trinajstić information content (AvgIpc) is 3.00. The first-order valence-corrected chi connectivity index (χ1v) is 6.91. The van der Waals surface area contributed by atoms with Crippen molar-refractivity contribution < 1.29 is 0 Å². The Hall–Kier alpha value is -1.39. The summed E-state index contributed by atoms with van der Waals surface area (Å²) in [7, 11) is 0. The molecule has 0 spiro atoms. The number of nitrogens with zero attached hydrogens (tertiary/aromatic N) is 2. The minimum Gasteiger partial charge on any atom is -0.232 e. The third-order valence-corrected chi connectivity index (χ3v) is 3.89. The number of rotatable bonds is 2. The molecule has 2 nitrogen and oxygen atoms in total. The molecule has 3 rings (SSSR count). The van der Waals surface area contributed by atoms with Crippen LogP contribution in [0.25, 0.3) is 16.9 Å². The minimum atomic E-state index is 1.04. The molecule has 2 aromatic heterocycles. The molecule has 0 N–H and O–H groups in total. The highest BCUT2D eigenvalue weighted by Gasteiger charge is 2.09. The number of thiophene rings is 1. The maximum absolute atomic E-state index is 4.39. The van der Waals surface area contributed by atoms with Crippen LogP contribution in [0.1, 0.15) is 0 Å². The number of hydrogen-bond donors (Lipinski definition) is 0. The van der Waals surface area contributed by atoms with Gasteiger partial charge in [0.25, 0.3) is 0 Å². The Bertz CT molecular complexity index is 628. The third-order valence-electron chi connectivity index (χ3n) is 2.54. The van der Waals surface area contributed by atoms with E-state index in [1.807, 2.05) is 41.2 Å². The maximum Gasteiger partial charge on any atom is 0.0794 e. The van der Waals surface area contributed by atoms with E-state index in [9.17, 15) is 0 Å². The number of aromatic nitrogens is 2. The number of benzene rings is 1. The molecule has 0 unspecified atom stereocenters. The molecule has 4 heteroatoms. The molecule has 0 atom stereocenters.